The van der Waals surface area contributed by atoms with Gasteiger partial charge in [-0.15, -0.1) is 0 Å². The van der Waals surface area contributed by atoms with Crippen molar-refractivity contribution in [2.75, 3.05) is 13.7 Å². The minimum Gasteiger partial charge on any atom is -0.462 e. The third-order valence-corrected chi connectivity index (χ3v) is 6.33. The number of nitrogens with zero attached hydrogens (tertiary/aromatic N) is 2. The van der Waals surface area contributed by atoms with E-state index in [-0.39, 0.29) is 11.9 Å². The maximum Gasteiger partial charge on any atom is 0.338 e. The lowest BCUT2D eigenvalue weighted by Crippen LogP contribution is -2.23. The van der Waals surface area contributed by atoms with Crippen LogP contribution in [-0.4, -0.2) is 35.6 Å². The van der Waals surface area contributed by atoms with Crippen molar-refractivity contribution in [3.8, 4) is 11.3 Å². The van der Waals surface area contributed by atoms with Gasteiger partial charge in [-0.3, -0.25) is 9.69 Å². The van der Waals surface area contributed by atoms with Crippen LogP contribution in [0, 0.1) is 0 Å². The van der Waals surface area contributed by atoms with Crippen molar-refractivity contribution in [3.63, 3.8) is 0 Å². The molecule has 9 heteroatoms. The first-order valence-corrected chi connectivity index (χ1v) is 11.5. The Hall–Kier alpha value is -3.00. The van der Waals surface area contributed by atoms with Crippen LogP contribution in [-0.2, 0) is 9.53 Å². The van der Waals surface area contributed by atoms with E-state index < -0.39 is 0 Å². The van der Waals surface area contributed by atoms with Gasteiger partial charge in [0, 0.05) is 23.7 Å². The lowest BCUT2D eigenvalue weighted by Gasteiger charge is -2.07. The first-order valence-electron chi connectivity index (χ1n) is 9.94. The number of aliphatic imine (C=N–C) groups is 1. The van der Waals surface area contributed by atoms with E-state index in [2.05, 4.69) is 4.99 Å². The summed E-state index contributed by atoms with van der Waals surface area (Å²) in [6.07, 6.45) is 1.66. The maximum atomic E-state index is 12.7. The molecular formula is C24H18Cl2N2O4S. The topological polar surface area (TPSA) is 72.1 Å². The van der Waals surface area contributed by atoms with Gasteiger partial charge >= 0.3 is 5.97 Å². The molecule has 1 aliphatic heterocycles. The molecule has 2 heterocycles. The molecule has 2 aromatic carbocycles. The molecule has 0 atom stereocenters. The monoisotopic (exact) mass is 500 g/mol. The summed E-state index contributed by atoms with van der Waals surface area (Å²) in [5.74, 6) is 0.473. The van der Waals surface area contributed by atoms with E-state index >= 15 is 0 Å². The number of hydrogen-bond donors (Lipinski definition) is 0. The molecule has 6 nitrogen and oxygen atoms in total. The molecule has 33 heavy (non-hydrogen) atoms. The largest absolute Gasteiger partial charge is 0.462 e. The summed E-state index contributed by atoms with van der Waals surface area (Å²) in [4.78, 5) is 31.0. The van der Waals surface area contributed by atoms with Gasteiger partial charge in [0.05, 0.1) is 27.8 Å². The van der Waals surface area contributed by atoms with Gasteiger partial charge in [0.25, 0.3) is 5.91 Å². The predicted octanol–water partition coefficient (Wildman–Crippen LogP) is 6.66. The van der Waals surface area contributed by atoms with E-state index in [1.165, 1.54) is 16.7 Å². The second-order valence-corrected chi connectivity index (χ2v) is 8.82. The quantitative estimate of drug-likeness (QED) is 0.289. The minimum absolute atomic E-state index is 0.194. The highest BCUT2D eigenvalue weighted by Crippen LogP contribution is 2.36. The van der Waals surface area contributed by atoms with E-state index in [0.29, 0.717) is 55.1 Å². The number of thioether (sulfide) groups is 1. The van der Waals surface area contributed by atoms with E-state index in [0.717, 1.165) is 0 Å². The van der Waals surface area contributed by atoms with E-state index in [1.54, 1.807) is 74.6 Å². The lowest BCUT2D eigenvalue weighted by molar-refractivity contribution is -0.121. The van der Waals surface area contributed by atoms with Gasteiger partial charge in [-0.1, -0.05) is 23.2 Å². The Bertz CT molecular complexity index is 1280. The third kappa shape index (κ3) is 5.16. The Morgan fingerprint density at radius 1 is 1.15 bits per heavy atom. The number of carbonyl (C=O) groups is 2. The van der Waals surface area contributed by atoms with Crippen LogP contribution in [0.3, 0.4) is 0 Å². The zero-order valence-electron chi connectivity index (χ0n) is 17.7. The van der Waals surface area contributed by atoms with Crippen LogP contribution in [0.2, 0.25) is 10.0 Å². The van der Waals surface area contributed by atoms with Crippen molar-refractivity contribution in [2.24, 2.45) is 4.99 Å². The van der Waals surface area contributed by atoms with Gasteiger partial charge in [0.15, 0.2) is 5.17 Å². The first-order chi connectivity index (χ1) is 15.9. The summed E-state index contributed by atoms with van der Waals surface area (Å²) in [6, 6.07) is 15.3. The standard InChI is InChI=1S/C24H18Cl2N2O4S/c1-3-31-23(30)14-4-7-16(8-5-14)27-24-28(2)22(29)21(33-24)13-17-9-11-20(32-17)18-12-15(25)6-10-19(18)26/h4-13H,3H2,1-2H3. The van der Waals surface area contributed by atoms with Crippen molar-refractivity contribution in [1.29, 1.82) is 0 Å². The summed E-state index contributed by atoms with van der Waals surface area (Å²) < 4.78 is 10.9. The molecule has 0 aliphatic carbocycles. The zero-order chi connectivity index (χ0) is 23.5. The molecule has 4 rings (SSSR count). The Morgan fingerprint density at radius 2 is 1.91 bits per heavy atom. The lowest BCUT2D eigenvalue weighted by atomic mass is 10.2. The number of benzene rings is 2. The highest BCUT2D eigenvalue weighted by Gasteiger charge is 2.30. The molecule has 3 aromatic rings. The van der Waals surface area contributed by atoms with Crippen LogP contribution in [0.4, 0.5) is 5.69 Å². The SMILES string of the molecule is CCOC(=O)c1ccc(N=C2SC(=Cc3ccc(-c4cc(Cl)ccc4Cl)o3)C(=O)N2C)cc1. The number of amidine groups is 1. The Morgan fingerprint density at radius 3 is 2.64 bits per heavy atom. The molecule has 1 saturated heterocycles. The highest BCUT2D eigenvalue weighted by molar-refractivity contribution is 8.18. The van der Waals surface area contributed by atoms with Crippen LogP contribution >= 0.6 is 35.0 Å². The van der Waals surface area contributed by atoms with Crippen molar-refractivity contribution in [3.05, 3.63) is 80.9 Å². The smallest absolute Gasteiger partial charge is 0.338 e. The number of likely N-dealkylation sites (N-methyl/N-ethyl adjacent to an activating group) is 1. The fraction of sp³-hybridized carbons (Fsp3) is 0.125. The highest BCUT2D eigenvalue weighted by atomic mass is 35.5. The number of hydrogen-bond acceptors (Lipinski definition) is 6. The summed E-state index contributed by atoms with van der Waals surface area (Å²) >= 11 is 13.6. The second-order valence-electron chi connectivity index (χ2n) is 6.96. The van der Waals surface area contributed by atoms with Crippen LogP contribution in [0.5, 0.6) is 0 Å². The molecule has 0 saturated carbocycles. The third-order valence-electron chi connectivity index (χ3n) is 4.70. The summed E-state index contributed by atoms with van der Waals surface area (Å²) in [5, 5.41) is 1.58. The molecule has 1 amide bonds. The molecule has 1 aromatic heterocycles. The average Bonchev–Trinajstić information content (AvgIpc) is 3.37. The Labute approximate surface area is 204 Å². The summed E-state index contributed by atoms with van der Waals surface area (Å²) in [5.41, 5.74) is 1.73. The second kappa shape index (κ2) is 9.87. The van der Waals surface area contributed by atoms with Gasteiger partial charge in [-0.25, -0.2) is 9.79 Å². The van der Waals surface area contributed by atoms with Gasteiger partial charge in [0.2, 0.25) is 0 Å². The van der Waals surface area contributed by atoms with E-state index in [4.69, 9.17) is 32.4 Å². The molecule has 0 bridgehead atoms. The Balaban J connectivity index is 1.54. The zero-order valence-corrected chi connectivity index (χ0v) is 20.0. The average molecular weight is 501 g/mol. The molecular weight excluding hydrogens is 483 g/mol. The number of halogens is 2. The fourth-order valence-corrected chi connectivity index (χ4v) is 4.39. The van der Waals surface area contributed by atoms with Crippen molar-refractivity contribution >= 4 is 63.8 Å². The van der Waals surface area contributed by atoms with Crippen LogP contribution in [0.1, 0.15) is 23.0 Å². The number of carbonyl (C=O) groups excluding carboxylic acids is 2. The summed E-state index contributed by atoms with van der Waals surface area (Å²) in [6.45, 7) is 2.06. The molecule has 168 valence electrons. The van der Waals surface area contributed by atoms with Crippen molar-refractivity contribution in [1.82, 2.24) is 4.90 Å². The van der Waals surface area contributed by atoms with E-state index in [1.807, 2.05) is 0 Å². The number of rotatable bonds is 5. The van der Waals surface area contributed by atoms with Gasteiger partial charge in [-0.05, 0) is 73.3 Å². The van der Waals surface area contributed by atoms with Gasteiger partial charge in [0.1, 0.15) is 11.5 Å². The predicted molar refractivity (Wildman–Crippen MR) is 132 cm³/mol. The maximum absolute atomic E-state index is 12.7. The first kappa shape index (κ1) is 23.2. The minimum atomic E-state index is -0.388. The number of ether oxygens (including phenoxy) is 1. The Kier molecular flexibility index (Phi) is 6.93. The van der Waals surface area contributed by atoms with Crippen molar-refractivity contribution < 1.29 is 18.7 Å². The van der Waals surface area contributed by atoms with Crippen molar-refractivity contribution in [2.45, 2.75) is 6.92 Å². The van der Waals surface area contributed by atoms with Crippen LogP contribution in [0.25, 0.3) is 17.4 Å². The number of furan rings is 1. The molecule has 0 spiro atoms. The fourth-order valence-electron chi connectivity index (χ4n) is 3.04. The van der Waals surface area contributed by atoms with Crippen LogP contribution < -0.4 is 0 Å². The van der Waals surface area contributed by atoms with Crippen LogP contribution in [0.15, 0.2) is 68.9 Å². The molecule has 1 fully saturated rings. The number of esters is 1. The molecule has 1 aliphatic rings. The molecule has 0 radical (unpaired) electrons. The number of amides is 1. The van der Waals surface area contributed by atoms with Gasteiger partial charge < -0.3 is 9.15 Å². The van der Waals surface area contributed by atoms with E-state index in [9.17, 15) is 9.59 Å². The molecule has 0 unspecified atom stereocenters. The summed E-state index contributed by atoms with van der Waals surface area (Å²) in [7, 11) is 1.65. The normalized spacial score (nSPS) is 16.1. The van der Waals surface area contributed by atoms with Gasteiger partial charge in [-0.2, -0.15) is 0 Å². The molecule has 0 N–H and O–H groups in total.